The zero-order valence-electron chi connectivity index (χ0n) is 12.2. The summed E-state index contributed by atoms with van der Waals surface area (Å²) in [7, 11) is 0. The minimum absolute atomic E-state index is 0.0540. The smallest absolute Gasteiger partial charge is 0.338 e. The van der Waals surface area contributed by atoms with Gasteiger partial charge in [0.25, 0.3) is 0 Å². The first-order chi connectivity index (χ1) is 9.63. The summed E-state index contributed by atoms with van der Waals surface area (Å²) in [6.07, 6.45) is 6.39. The Labute approximate surface area is 125 Å². The third-order valence-corrected chi connectivity index (χ3v) is 4.26. The van der Waals surface area contributed by atoms with Crippen LogP contribution in [0.2, 0.25) is 5.15 Å². The van der Waals surface area contributed by atoms with Gasteiger partial charge >= 0.3 is 5.97 Å². The molecule has 1 aliphatic rings. The molecule has 4 heteroatoms. The number of carbonyl (C=O) groups is 1. The molecule has 20 heavy (non-hydrogen) atoms. The Kier molecular flexibility index (Phi) is 5.41. The molecule has 2 unspecified atom stereocenters. The quantitative estimate of drug-likeness (QED) is 0.609. The van der Waals surface area contributed by atoms with Gasteiger partial charge in [-0.1, -0.05) is 31.9 Å². The molecule has 0 N–H and O–H groups in total. The monoisotopic (exact) mass is 295 g/mol. The van der Waals surface area contributed by atoms with Crippen molar-refractivity contribution in [2.24, 2.45) is 5.92 Å². The van der Waals surface area contributed by atoms with Crippen LogP contribution in [0.5, 0.6) is 0 Å². The highest BCUT2D eigenvalue weighted by molar-refractivity contribution is 6.29. The minimum atomic E-state index is -0.269. The molecule has 110 valence electrons. The highest BCUT2D eigenvalue weighted by atomic mass is 35.5. The van der Waals surface area contributed by atoms with Crippen LogP contribution in [0.25, 0.3) is 0 Å². The van der Waals surface area contributed by atoms with Crippen LogP contribution in [0, 0.1) is 5.92 Å². The van der Waals surface area contributed by atoms with E-state index in [4.69, 9.17) is 16.3 Å². The Morgan fingerprint density at radius 1 is 1.35 bits per heavy atom. The van der Waals surface area contributed by atoms with Gasteiger partial charge in [-0.25, -0.2) is 9.78 Å². The summed E-state index contributed by atoms with van der Waals surface area (Å²) in [4.78, 5) is 16.5. The summed E-state index contributed by atoms with van der Waals surface area (Å²) < 4.78 is 5.71. The van der Waals surface area contributed by atoms with Crippen LogP contribution in [0.3, 0.4) is 0 Å². The van der Waals surface area contributed by atoms with Crippen molar-refractivity contribution in [2.75, 3.05) is 0 Å². The molecule has 0 aliphatic heterocycles. The van der Waals surface area contributed by atoms with Crippen molar-refractivity contribution < 1.29 is 9.53 Å². The SMILES string of the molecule is CCc1cc(C(=O)OC2CCCCC2CC)cc(Cl)n1. The number of ether oxygens (including phenoxy) is 1. The lowest BCUT2D eigenvalue weighted by molar-refractivity contribution is 0.000686. The molecule has 1 aromatic heterocycles. The van der Waals surface area contributed by atoms with Crippen molar-refractivity contribution in [3.8, 4) is 0 Å². The summed E-state index contributed by atoms with van der Waals surface area (Å²) in [6, 6.07) is 3.37. The maximum absolute atomic E-state index is 12.3. The van der Waals surface area contributed by atoms with Crippen molar-refractivity contribution in [1.29, 1.82) is 0 Å². The van der Waals surface area contributed by atoms with Gasteiger partial charge in [0.15, 0.2) is 0 Å². The number of rotatable bonds is 4. The molecule has 0 spiro atoms. The lowest BCUT2D eigenvalue weighted by Gasteiger charge is -2.30. The number of nitrogens with zero attached hydrogens (tertiary/aromatic N) is 1. The predicted octanol–water partition coefficient (Wildman–Crippen LogP) is 4.42. The predicted molar refractivity (Wildman–Crippen MR) is 80.1 cm³/mol. The third-order valence-electron chi connectivity index (χ3n) is 4.07. The van der Waals surface area contributed by atoms with Gasteiger partial charge in [0.1, 0.15) is 11.3 Å². The number of esters is 1. The Balaban J connectivity index is 2.09. The van der Waals surface area contributed by atoms with Crippen molar-refractivity contribution in [3.63, 3.8) is 0 Å². The lowest BCUT2D eigenvalue weighted by atomic mass is 9.85. The van der Waals surface area contributed by atoms with Gasteiger partial charge in [0.05, 0.1) is 5.56 Å². The average molecular weight is 296 g/mol. The van der Waals surface area contributed by atoms with E-state index in [1.165, 1.54) is 6.42 Å². The minimum Gasteiger partial charge on any atom is -0.458 e. The molecule has 1 fully saturated rings. The van der Waals surface area contributed by atoms with Crippen LogP contribution in [-0.2, 0) is 11.2 Å². The summed E-state index contributed by atoms with van der Waals surface area (Å²) in [6.45, 7) is 4.15. The van der Waals surface area contributed by atoms with Gasteiger partial charge < -0.3 is 4.74 Å². The standard InChI is InChI=1S/C16H22ClNO2/c1-3-11-7-5-6-8-14(11)20-16(19)12-9-13(4-2)18-15(17)10-12/h9-11,14H,3-8H2,1-2H3. The number of aromatic nitrogens is 1. The second-order valence-corrected chi connectivity index (χ2v) is 5.81. The summed E-state index contributed by atoms with van der Waals surface area (Å²) in [5.41, 5.74) is 1.34. The highest BCUT2D eigenvalue weighted by Gasteiger charge is 2.27. The zero-order valence-corrected chi connectivity index (χ0v) is 12.9. The molecule has 1 aliphatic carbocycles. The van der Waals surface area contributed by atoms with E-state index in [-0.39, 0.29) is 12.1 Å². The molecular weight excluding hydrogens is 274 g/mol. The van der Waals surface area contributed by atoms with E-state index in [1.54, 1.807) is 12.1 Å². The number of aryl methyl sites for hydroxylation is 1. The van der Waals surface area contributed by atoms with Crippen molar-refractivity contribution in [1.82, 2.24) is 4.98 Å². The number of carbonyl (C=O) groups excluding carboxylic acids is 1. The van der Waals surface area contributed by atoms with Gasteiger partial charge in [-0.15, -0.1) is 0 Å². The second-order valence-electron chi connectivity index (χ2n) is 5.42. The maximum Gasteiger partial charge on any atom is 0.338 e. The molecule has 0 bridgehead atoms. The van der Waals surface area contributed by atoms with E-state index in [9.17, 15) is 4.79 Å². The molecule has 1 aromatic rings. The van der Waals surface area contributed by atoms with E-state index < -0.39 is 0 Å². The number of pyridine rings is 1. The topological polar surface area (TPSA) is 39.2 Å². The van der Waals surface area contributed by atoms with Gasteiger partial charge in [-0.05, 0) is 50.2 Å². The molecule has 2 rings (SSSR count). The van der Waals surface area contributed by atoms with E-state index in [0.29, 0.717) is 16.6 Å². The normalized spacial score (nSPS) is 22.6. The molecular formula is C16H22ClNO2. The molecule has 3 nitrogen and oxygen atoms in total. The third kappa shape index (κ3) is 3.72. The lowest BCUT2D eigenvalue weighted by Crippen LogP contribution is -2.29. The largest absolute Gasteiger partial charge is 0.458 e. The fourth-order valence-electron chi connectivity index (χ4n) is 2.85. The molecule has 0 amide bonds. The molecule has 0 saturated heterocycles. The summed E-state index contributed by atoms with van der Waals surface area (Å²) in [5.74, 6) is 0.227. The Hall–Kier alpha value is -1.09. The number of hydrogen-bond donors (Lipinski definition) is 0. The van der Waals surface area contributed by atoms with Crippen LogP contribution in [-0.4, -0.2) is 17.1 Å². The van der Waals surface area contributed by atoms with Gasteiger partial charge in [-0.2, -0.15) is 0 Å². The molecule has 0 aromatic carbocycles. The molecule has 2 atom stereocenters. The fourth-order valence-corrected chi connectivity index (χ4v) is 3.08. The van der Waals surface area contributed by atoms with Gasteiger partial charge in [0, 0.05) is 5.69 Å². The Morgan fingerprint density at radius 3 is 2.80 bits per heavy atom. The fraction of sp³-hybridized carbons (Fsp3) is 0.625. The van der Waals surface area contributed by atoms with Crippen LogP contribution < -0.4 is 0 Å². The van der Waals surface area contributed by atoms with E-state index in [1.807, 2.05) is 6.92 Å². The number of hydrogen-bond acceptors (Lipinski definition) is 3. The van der Waals surface area contributed by atoms with E-state index in [0.717, 1.165) is 37.8 Å². The highest BCUT2D eigenvalue weighted by Crippen LogP contribution is 2.30. The van der Waals surface area contributed by atoms with Gasteiger partial charge in [-0.3, -0.25) is 0 Å². The van der Waals surface area contributed by atoms with E-state index in [2.05, 4.69) is 11.9 Å². The summed E-state index contributed by atoms with van der Waals surface area (Å²) in [5, 5.41) is 0.354. The Bertz CT molecular complexity index is 476. The van der Waals surface area contributed by atoms with Crippen molar-refractivity contribution in [2.45, 2.75) is 58.5 Å². The first-order valence-electron chi connectivity index (χ1n) is 7.51. The zero-order chi connectivity index (χ0) is 14.5. The summed E-state index contributed by atoms with van der Waals surface area (Å²) >= 11 is 5.95. The van der Waals surface area contributed by atoms with E-state index >= 15 is 0 Å². The first kappa shape index (κ1) is 15.3. The Morgan fingerprint density at radius 2 is 2.10 bits per heavy atom. The van der Waals surface area contributed by atoms with Gasteiger partial charge in [0.2, 0.25) is 0 Å². The van der Waals surface area contributed by atoms with Crippen LogP contribution >= 0.6 is 11.6 Å². The number of halogens is 1. The molecule has 1 saturated carbocycles. The van der Waals surface area contributed by atoms with Crippen LogP contribution in [0.15, 0.2) is 12.1 Å². The maximum atomic E-state index is 12.3. The van der Waals surface area contributed by atoms with Crippen molar-refractivity contribution >= 4 is 17.6 Å². The second kappa shape index (κ2) is 7.07. The molecule has 1 heterocycles. The average Bonchev–Trinajstić information content (AvgIpc) is 2.47. The molecule has 0 radical (unpaired) electrons. The van der Waals surface area contributed by atoms with Crippen molar-refractivity contribution in [3.05, 3.63) is 28.5 Å². The van der Waals surface area contributed by atoms with Crippen LogP contribution in [0.1, 0.15) is 62.0 Å². The van der Waals surface area contributed by atoms with Crippen LogP contribution in [0.4, 0.5) is 0 Å². The first-order valence-corrected chi connectivity index (χ1v) is 7.89.